The molecule has 3 saturated heterocycles. The Morgan fingerprint density at radius 2 is 1.83 bits per heavy atom. The third-order valence-corrected chi connectivity index (χ3v) is 11.4. The first kappa shape index (κ1) is 30.6. The molecule has 5 heterocycles. The minimum Gasteiger partial charge on any atom is -0.391 e. The van der Waals surface area contributed by atoms with Gasteiger partial charge in [0.1, 0.15) is 11.6 Å². The summed E-state index contributed by atoms with van der Waals surface area (Å²) in [6, 6.07) is 5.63. The van der Waals surface area contributed by atoms with Gasteiger partial charge in [-0.3, -0.25) is 0 Å². The summed E-state index contributed by atoms with van der Waals surface area (Å²) in [5.74, 6) is 2.55. The molecule has 11 nitrogen and oxygen atoms in total. The van der Waals surface area contributed by atoms with Gasteiger partial charge < -0.3 is 20.2 Å². The third kappa shape index (κ3) is 7.21. The number of nitrogens with zero attached hydrogens (tertiary/aromatic N) is 9. The van der Waals surface area contributed by atoms with E-state index in [2.05, 4.69) is 66.2 Å². The minimum atomic E-state index is -0.0209. The lowest BCUT2D eigenvalue weighted by atomic mass is 9.90. The molecule has 0 spiro atoms. The van der Waals surface area contributed by atoms with Crippen LogP contribution >= 0.6 is 35.4 Å². The molecule has 41 heavy (non-hydrogen) atoms. The number of aliphatic hydroxyl groups is 1. The number of nitrogens with one attached hydrogen (secondary N) is 1. The van der Waals surface area contributed by atoms with E-state index >= 15 is 0 Å². The summed E-state index contributed by atoms with van der Waals surface area (Å²) >= 11 is 5.08. The van der Waals surface area contributed by atoms with Gasteiger partial charge in [0.05, 0.1) is 23.5 Å². The van der Waals surface area contributed by atoms with Crippen LogP contribution < -0.4 is 15.1 Å². The first-order valence-corrected chi connectivity index (χ1v) is 17.3. The van der Waals surface area contributed by atoms with Gasteiger partial charge in [-0.05, 0) is 31.9 Å². The topological polar surface area (TPSA) is 111 Å². The molecule has 5 rings (SSSR count). The Labute approximate surface area is 256 Å². The number of nitriles is 1. The van der Waals surface area contributed by atoms with Gasteiger partial charge >= 0.3 is 0 Å². The monoisotopic (exact) mass is 618 g/mol. The summed E-state index contributed by atoms with van der Waals surface area (Å²) < 4.78 is 7.33. The summed E-state index contributed by atoms with van der Waals surface area (Å²) in [6.07, 6.45) is 8.07. The standard InChI is InChI=1S/C27H42N10OS3/c1-5-20-11-22(12-21(6-2)37(20)41-36-16-19(14-28)17-36)33(3)26-30-24(31-27-29-15-23(18-38)40-27)13-25(32-26)34-7-9-35(39-4)10-8-34/h13,15,19-22,38H,5-12,16-18H2,1-4H3,(H,29,30,31,32). The normalized spacial score (nSPS) is 24.7. The number of aliphatic hydroxyl groups excluding tert-OH is 1. The lowest BCUT2D eigenvalue weighted by Crippen LogP contribution is -2.54. The molecule has 0 amide bonds. The number of piperidine rings is 1. The second-order valence-electron chi connectivity index (χ2n) is 10.9. The third-order valence-electron chi connectivity index (χ3n) is 8.32. The van der Waals surface area contributed by atoms with E-state index in [9.17, 15) is 10.4 Å². The zero-order chi connectivity index (χ0) is 28.9. The highest BCUT2D eigenvalue weighted by Crippen LogP contribution is 2.39. The maximum atomic E-state index is 9.50. The van der Waals surface area contributed by atoms with Crippen molar-refractivity contribution in [3.05, 3.63) is 17.1 Å². The van der Waals surface area contributed by atoms with E-state index in [1.54, 1.807) is 18.1 Å². The lowest BCUT2D eigenvalue weighted by molar-refractivity contribution is 0.153. The molecule has 14 heteroatoms. The number of anilines is 4. The molecule has 3 fully saturated rings. The molecule has 2 aromatic heterocycles. The smallest absolute Gasteiger partial charge is 0.229 e. The van der Waals surface area contributed by atoms with Crippen LogP contribution in [0.2, 0.25) is 0 Å². The van der Waals surface area contributed by atoms with Crippen molar-refractivity contribution < 1.29 is 5.11 Å². The van der Waals surface area contributed by atoms with E-state index in [1.807, 2.05) is 18.2 Å². The van der Waals surface area contributed by atoms with Crippen LogP contribution in [0, 0.1) is 17.2 Å². The number of rotatable bonds is 11. The van der Waals surface area contributed by atoms with Crippen molar-refractivity contribution >= 4 is 58.1 Å². The maximum Gasteiger partial charge on any atom is 0.229 e. The largest absolute Gasteiger partial charge is 0.391 e. The second-order valence-corrected chi connectivity index (χ2v) is 14.0. The molecule has 3 aliphatic rings. The van der Waals surface area contributed by atoms with Crippen LogP contribution in [0.15, 0.2) is 12.3 Å². The molecular formula is C27H42N10OS3. The van der Waals surface area contributed by atoms with Gasteiger partial charge in [-0.1, -0.05) is 37.1 Å². The van der Waals surface area contributed by atoms with E-state index in [0.717, 1.165) is 87.4 Å². The van der Waals surface area contributed by atoms with Crippen molar-refractivity contribution in [1.82, 2.24) is 27.9 Å². The Balaban J connectivity index is 1.36. The summed E-state index contributed by atoms with van der Waals surface area (Å²) in [6.45, 7) is 10.1. The van der Waals surface area contributed by atoms with Crippen LogP contribution in [0.1, 0.15) is 44.4 Å². The van der Waals surface area contributed by atoms with Crippen molar-refractivity contribution in [2.45, 2.75) is 64.3 Å². The highest BCUT2D eigenvalue weighted by molar-refractivity contribution is 7.96. The molecule has 0 radical (unpaired) electrons. The molecule has 224 valence electrons. The highest BCUT2D eigenvalue weighted by atomic mass is 32.2. The Bertz CT molecular complexity index is 1170. The average Bonchev–Trinajstić information content (AvgIpc) is 3.45. The Kier molecular flexibility index (Phi) is 10.5. The van der Waals surface area contributed by atoms with Gasteiger partial charge in [0.25, 0.3) is 0 Å². The van der Waals surface area contributed by atoms with Gasteiger partial charge in [-0.2, -0.15) is 15.2 Å². The van der Waals surface area contributed by atoms with Crippen LogP contribution in [0.3, 0.4) is 0 Å². The second kappa shape index (κ2) is 14.1. The van der Waals surface area contributed by atoms with Crippen molar-refractivity contribution in [3.63, 3.8) is 0 Å². The lowest BCUT2D eigenvalue weighted by Gasteiger charge is -2.49. The maximum absolute atomic E-state index is 9.50. The Morgan fingerprint density at radius 1 is 1.12 bits per heavy atom. The van der Waals surface area contributed by atoms with Crippen molar-refractivity contribution in [1.29, 1.82) is 5.26 Å². The van der Waals surface area contributed by atoms with Crippen LogP contribution in [-0.4, -0.2) is 104 Å². The van der Waals surface area contributed by atoms with Gasteiger partial charge in [0, 0.05) is 88.8 Å². The number of piperazine rings is 1. The fourth-order valence-electron chi connectivity index (χ4n) is 5.71. The highest BCUT2D eigenvalue weighted by Gasteiger charge is 2.40. The number of thiazole rings is 1. The molecule has 2 unspecified atom stereocenters. The van der Waals surface area contributed by atoms with Gasteiger partial charge in [-0.25, -0.2) is 17.9 Å². The molecule has 2 aromatic rings. The van der Waals surface area contributed by atoms with Crippen LogP contribution in [0.25, 0.3) is 0 Å². The van der Waals surface area contributed by atoms with Crippen molar-refractivity contribution in [3.8, 4) is 6.07 Å². The van der Waals surface area contributed by atoms with Gasteiger partial charge in [0.2, 0.25) is 5.95 Å². The number of hydrogen-bond acceptors (Lipinski definition) is 14. The summed E-state index contributed by atoms with van der Waals surface area (Å²) in [7, 11) is 2.14. The molecule has 0 aliphatic carbocycles. The van der Waals surface area contributed by atoms with E-state index in [1.165, 1.54) is 11.3 Å². The van der Waals surface area contributed by atoms with E-state index in [4.69, 9.17) is 9.97 Å². The quantitative estimate of drug-likeness (QED) is 0.354. The molecule has 0 bridgehead atoms. The predicted octanol–water partition coefficient (Wildman–Crippen LogP) is 4.05. The van der Waals surface area contributed by atoms with Gasteiger partial charge in [-0.15, -0.1) is 0 Å². The molecule has 2 N–H and O–H groups in total. The first-order valence-electron chi connectivity index (χ1n) is 14.5. The van der Waals surface area contributed by atoms with Crippen molar-refractivity contribution in [2.24, 2.45) is 5.92 Å². The van der Waals surface area contributed by atoms with E-state index in [0.29, 0.717) is 23.3 Å². The van der Waals surface area contributed by atoms with Crippen LogP contribution in [0.5, 0.6) is 0 Å². The Hall–Kier alpha value is -1.86. The van der Waals surface area contributed by atoms with Gasteiger partial charge in [0.15, 0.2) is 5.13 Å². The SMILES string of the molecule is CCC1CC(N(C)c2nc(Nc3ncc(CO)s3)cc(N3CCN(SC)CC3)n2)CC(CC)N1SN1CC(C#N)C1. The minimum absolute atomic E-state index is 0.0209. The molecule has 0 saturated carbocycles. The zero-order valence-electron chi connectivity index (χ0n) is 24.4. The summed E-state index contributed by atoms with van der Waals surface area (Å²) in [4.78, 5) is 20.0. The van der Waals surface area contributed by atoms with E-state index < -0.39 is 0 Å². The molecular weight excluding hydrogens is 577 g/mol. The van der Waals surface area contributed by atoms with E-state index in [-0.39, 0.29) is 12.5 Å². The predicted molar refractivity (Wildman–Crippen MR) is 170 cm³/mol. The van der Waals surface area contributed by atoms with Crippen LogP contribution in [0.4, 0.5) is 22.7 Å². The van der Waals surface area contributed by atoms with Crippen LogP contribution in [-0.2, 0) is 6.61 Å². The summed E-state index contributed by atoms with van der Waals surface area (Å²) in [5.41, 5.74) is 0. The average molecular weight is 619 g/mol. The fourth-order valence-corrected chi connectivity index (χ4v) is 8.41. The molecule has 0 aromatic carbocycles. The number of aromatic nitrogens is 3. The van der Waals surface area contributed by atoms with Crippen molar-refractivity contribution in [2.75, 3.05) is 67.7 Å². The number of hydrogen-bond donors (Lipinski definition) is 2. The fraction of sp³-hybridized carbons (Fsp3) is 0.704. The summed E-state index contributed by atoms with van der Waals surface area (Å²) in [5, 5.41) is 22.8. The Morgan fingerprint density at radius 3 is 2.41 bits per heavy atom. The molecule has 2 atom stereocenters. The first-order chi connectivity index (χ1) is 19.9. The zero-order valence-corrected chi connectivity index (χ0v) is 26.9. The molecule has 3 aliphatic heterocycles.